The van der Waals surface area contributed by atoms with Crippen LogP contribution in [0.3, 0.4) is 0 Å². The summed E-state index contributed by atoms with van der Waals surface area (Å²) in [5.74, 6) is 0.224. The predicted octanol–water partition coefficient (Wildman–Crippen LogP) is 3.27. The van der Waals surface area contributed by atoms with Gasteiger partial charge in [-0.1, -0.05) is 13.0 Å². The van der Waals surface area contributed by atoms with Gasteiger partial charge in [0.05, 0.1) is 11.3 Å². The molecule has 1 unspecified atom stereocenters. The number of nitrogens with one attached hydrogen (secondary N) is 2. The highest BCUT2D eigenvalue weighted by Crippen LogP contribution is 2.26. The highest BCUT2D eigenvalue weighted by molar-refractivity contribution is 9.10. The summed E-state index contributed by atoms with van der Waals surface area (Å²) in [6.45, 7) is 2.58. The van der Waals surface area contributed by atoms with E-state index in [1.807, 2.05) is 13.2 Å². The summed E-state index contributed by atoms with van der Waals surface area (Å²) in [6, 6.07) is 4.32. The van der Waals surface area contributed by atoms with Gasteiger partial charge in [0.1, 0.15) is 0 Å². The topological polar surface area (TPSA) is 78.4 Å². The molecule has 0 aliphatic rings. The molecule has 0 radical (unpaired) electrons. The Balaban J connectivity index is 2.69. The molecule has 0 saturated carbocycles. The Hall–Kier alpha value is -1.21. The number of carboxylic acid groups (broad SMARTS) is 1. The Morgan fingerprint density at radius 1 is 1.45 bits per heavy atom. The van der Waals surface area contributed by atoms with Crippen molar-refractivity contribution < 1.29 is 14.7 Å². The second kappa shape index (κ2) is 8.16. The van der Waals surface area contributed by atoms with Crippen molar-refractivity contribution in [1.29, 1.82) is 0 Å². The van der Waals surface area contributed by atoms with E-state index in [-0.39, 0.29) is 11.3 Å². The number of para-hydroxylation sites is 1. The molecular weight excluding hydrogens is 344 g/mol. The number of aromatic carboxylic acids is 1. The molecule has 0 heterocycles. The van der Waals surface area contributed by atoms with Crippen molar-refractivity contribution in [3.05, 3.63) is 28.2 Å². The number of carbonyl (C=O) groups excluding carboxylic acids is 1. The number of halogens is 1. The van der Waals surface area contributed by atoms with Crippen molar-refractivity contribution in [3.63, 3.8) is 0 Å². The normalized spacial score (nSPS) is 11.8. The lowest BCUT2D eigenvalue weighted by Crippen LogP contribution is -2.33. The Bertz CT molecular complexity index is 497. The van der Waals surface area contributed by atoms with Crippen molar-refractivity contribution in [3.8, 4) is 0 Å². The van der Waals surface area contributed by atoms with Crippen LogP contribution in [-0.2, 0) is 0 Å². The molecule has 3 N–H and O–H groups in total. The summed E-state index contributed by atoms with van der Waals surface area (Å²) in [5.41, 5.74) is 0.307. The van der Waals surface area contributed by atoms with E-state index in [0.717, 1.165) is 5.75 Å². The number of anilines is 1. The molecule has 0 fully saturated rings. The lowest BCUT2D eigenvalue weighted by molar-refractivity contribution is 0.0698. The third-order valence-corrected chi connectivity index (χ3v) is 4.11. The number of rotatable bonds is 6. The van der Waals surface area contributed by atoms with E-state index in [9.17, 15) is 9.59 Å². The fourth-order valence-corrected chi connectivity index (χ4v) is 2.75. The van der Waals surface area contributed by atoms with E-state index in [1.54, 1.807) is 23.9 Å². The van der Waals surface area contributed by atoms with E-state index in [2.05, 4.69) is 26.6 Å². The van der Waals surface area contributed by atoms with Gasteiger partial charge in [0.15, 0.2) is 0 Å². The summed E-state index contributed by atoms with van der Waals surface area (Å²) in [7, 11) is 0. The molecule has 0 bridgehead atoms. The summed E-state index contributed by atoms with van der Waals surface area (Å²) in [4.78, 5) is 22.9. The van der Waals surface area contributed by atoms with Crippen LogP contribution in [0.1, 0.15) is 17.3 Å². The molecule has 1 aromatic carbocycles. The van der Waals surface area contributed by atoms with Gasteiger partial charge < -0.3 is 15.7 Å². The van der Waals surface area contributed by atoms with Crippen LogP contribution in [0.4, 0.5) is 10.5 Å². The van der Waals surface area contributed by atoms with Crippen molar-refractivity contribution in [2.24, 2.45) is 5.92 Å². The van der Waals surface area contributed by atoms with Crippen LogP contribution in [0.25, 0.3) is 0 Å². The van der Waals surface area contributed by atoms with Crippen LogP contribution in [0.15, 0.2) is 22.7 Å². The molecule has 20 heavy (non-hydrogen) atoms. The first kappa shape index (κ1) is 16.8. The molecule has 110 valence electrons. The fourth-order valence-electron chi connectivity index (χ4n) is 1.60. The molecule has 7 heteroatoms. The predicted molar refractivity (Wildman–Crippen MR) is 85.7 cm³/mol. The summed E-state index contributed by atoms with van der Waals surface area (Å²) in [5, 5.41) is 14.4. The average Bonchev–Trinajstić information content (AvgIpc) is 2.39. The lowest BCUT2D eigenvalue weighted by atomic mass is 10.2. The van der Waals surface area contributed by atoms with Gasteiger partial charge in [0, 0.05) is 11.0 Å². The zero-order valence-electron chi connectivity index (χ0n) is 11.3. The van der Waals surface area contributed by atoms with Crippen molar-refractivity contribution >= 4 is 45.4 Å². The first-order valence-electron chi connectivity index (χ1n) is 6.01. The number of amides is 2. The van der Waals surface area contributed by atoms with Gasteiger partial charge in [0.25, 0.3) is 0 Å². The summed E-state index contributed by atoms with van der Waals surface area (Å²) < 4.78 is 0.532. The molecule has 0 saturated heterocycles. The number of hydrogen-bond acceptors (Lipinski definition) is 3. The molecule has 2 amide bonds. The maximum absolute atomic E-state index is 11.8. The van der Waals surface area contributed by atoms with Crippen LogP contribution < -0.4 is 10.6 Å². The van der Waals surface area contributed by atoms with E-state index >= 15 is 0 Å². The Morgan fingerprint density at radius 2 is 2.15 bits per heavy atom. The molecule has 0 aliphatic carbocycles. The maximum atomic E-state index is 11.8. The van der Waals surface area contributed by atoms with Gasteiger partial charge >= 0.3 is 12.0 Å². The van der Waals surface area contributed by atoms with Gasteiger partial charge in [0.2, 0.25) is 0 Å². The zero-order valence-corrected chi connectivity index (χ0v) is 13.7. The fraction of sp³-hybridized carbons (Fsp3) is 0.385. The number of hydrogen-bond donors (Lipinski definition) is 3. The van der Waals surface area contributed by atoms with E-state index < -0.39 is 12.0 Å². The summed E-state index contributed by atoms with van der Waals surface area (Å²) in [6.07, 6.45) is 2.01. The van der Waals surface area contributed by atoms with Crippen molar-refractivity contribution in [2.75, 3.05) is 23.9 Å². The maximum Gasteiger partial charge on any atom is 0.337 e. The van der Waals surface area contributed by atoms with Crippen LogP contribution in [0.5, 0.6) is 0 Å². The quantitative estimate of drug-likeness (QED) is 0.727. The smallest absolute Gasteiger partial charge is 0.337 e. The van der Waals surface area contributed by atoms with Gasteiger partial charge in [-0.3, -0.25) is 0 Å². The largest absolute Gasteiger partial charge is 0.478 e. The van der Waals surface area contributed by atoms with Crippen molar-refractivity contribution in [1.82, 2.24) is 5.32 Å². The molecule has 5 nitrogen and oxygen atoms in total. The van der Waals surface area contributed by atoms with Crippen LogP contribution in [0, 0.1) is 5.92 Å². The SMILES string of the molecule is CSCC(C)CNC(=O)Nc1c(Br)cccc1C(=O)O. The van der Waals surface area contributed by atoms with Crippen molar-refractivity contribution in [2.45, 2.75) is 6.92 Å². The average molecular weight is 361 g/mol. The molecular formula is C13H17BrN2O3S. The first-order chi connectivity index (χ1) is 9.45. The molecule has 0 aliphatic heterocycles. The molecule has 1 atom stereocenters. The van der Waals surface area contributed by atoms with E-state index in [0.29, 0.717) is 16.9 Å². The van der Waals surface area contributed by atoms with Gasteiger partial charge in [-0.15, -0.1) is 0 Å². The molecule has 1 aromatic rings. The van der Waals surface area contributed by atoms with Gasteiger partial charge in [-0.05, 0) is 46.0 Å². The third-order valence-electron chi connectivity index (χ3n) is 2.54. The third kappa shape index (κ3) is 5.05. The number of carboxylic acids is 1. The molecule has 0 aromatic heterocycles. The van der Waals surface area contributed by atoms with Gasteiger partial charge in [-0.25, -0.2) is 9.59 Å². The second-order valence-corrected chi connectivity index (χ2v) is 6.13. The minimum Gasteiger partial charge on any atom is -0.478 e. The monoisotopic (exact) mass is 360 g/mol. The Labute approximate surface area is 130 Å². The molecule has 1 rings (SSSR count). The lowest BCUT2D eigenvalue weighted by Gasteiger charge is -2.14. The van der Waals surface area contributed by atoms with Crippen LogP contribution in [-0.4, -0.2) is 35.7 Å². The Morgan fingerprint density at radius 3 is 2.75 bits per heavy atom. The van der Waals surface area contributed by atoms with E-state index in [4.69, 9.17) is 5.11 Å². The Kier molecular flexibility index (Phi) is 6.87. The minimum atomic E-state index is -1.09. The van der Waals surface area contributed by atoms with Crippen LogP contribution >= 0.6 is 27.7 Å². The van der Waals surface area contributed by atoms with Crippen LogP contribution in [0.2, 0.25) is 0 Å². The highest BCUT2D eigenvalue weighted by Gasteiger charge is 2.15. The number of urea groups is 1. The number of thioether (sulfide) groups is 1. The second-order valence-electron chi connectivity index (χ2n) is 4.36. The first-order valence-corrected chi connectivity index (χ1v) is 8.20. The standard InChI is InChI=1S/C13H17BrN2O3S/c1-8(7-20-2)6-15-13(19)16-11-9(12(17)18)4-3-5-10(11)14/h3-5,8H,6-7H2,1-2H3,(H,17,18)(H2,15,16,19). The molecule has 0 spiro atoms. The summed E-state index contributed by atoms with van der Waals surface area (Å²) >= 11 is 4.96. The van der Waals surface area contributed by atoms with Gasteiger partial charge in [-0.2, -0.15) is 11.8 Å². The van der Waals surface area contributed by atoms with E-state index in [1.165, 1.54) is 6.07 Å². The zero-order chi connectivity index (χ0) is 15.1. The minimum absolute atomic E-state index is 0.0479. The number of benzene rings is 1. The highest BCUT2D eigenvalue weighted by atomic mass is 79.9. The number of carbonyl (C=O) groups is 2.